The quantitative estimate of drug-likeness (QED) is 0.0551. The van der Waals surface area contributed by atoms with Gasteiger partial charge in [0.15, 0.2) is 34.5 Å². The molecule has 0 saturated carbocycles. The summed E-state index contributed by atoms with van der Waals surface area (Å²) in [6.45, 7) is 9.70. The van der Waals surface area contributed by atoms with E-state index in [1.165, 1.54) is 48.9 Å². The standard InChI is InChI=1S/C51H65N5O8S/c1-36(57)56-42(35-41(53-56)39-33-47(60-4)50(62-6)48(34-39)61-5)37-19-21-43(58-2)46(31-37)64-30-16-10-8-14-24-55-27-25-54(26-28-55)23-13-7-9-15-29-63-44-22-20-38(32-45(44)59-3)51-52-40-17-11-12-18-49(40)65-51/h11-12,17-22,31-34,42H,7-10,13-16,23-30,35H2,1-6H3. The van der Waals surface area contributed by atoms with Gasteiger partial charge in [-0.3, -0.25) is 4.79 Å². The van der Waals surface area contributed by atoms with Crippen LogP contribution < -0.4 is 33.2 Å². The van der Waals surface area contributed by atoms with Crippen LogP contribution in [0.15, 0.2) is 77.9 Å². The van der Waals surface area contributed by atoms with Gasteiger partial charge < -0.3 is 43.0 Å². The molecule has 0 radical (unpaired) electrons. The predicted molar refractivity (Wildman–Crippen MR) is 258 cm³/mol. The maximum absolute atomic E-state index is 12.8. The molecule has 3 heterocycles. The number of aromatic nitrogens is 1. The zero-order valence-electron chi connectivity index (χ0n) is 38.9. The first-order chi connectivity index (χ1) is 31.8. The van der Waals surface area contributed by atoms with Gasteiger partial charge >= 0.3 is 0 Å². The van der Waals surface area contributed by atoms with Crippen molar-refractivity contribution in [3.05, 3.63) is 83.9 Å². The molecule has 1 amide bonds. The molecule has 1 aromatic heterocycles. The number of unbranched alkanes of at least 4 members (excludes halogenated alkanes) is 6. The van der Waals surface area contributed by atoms with Crippen molar-refractivity contribution in [2.45, 2.75) is 70.8 Å². The number of para-hydroxylation sites is 1. The lowest BCUT2D eigenvalue weighted by atomic mass is 9.97. The third-order valence-corrected chi connectivity index (χ3v) is 13.3. The van der Waals surface area contributed by atoms with E-state index in [-0.39, 0.29) is 11.9 Å². The summed E-state index contributed by atoms with van der Waals surface area (Å²) in [5.74, 6) is 4.28. The second-order valence-corrected chi connectivity index (χ2v) is 17.5. The van der Waals surface area contributed by atoms with Crippen molar-refractivity contribution in [3.63, 3.8) is 0 Å². The molecule has 0 N–H and O–H groups in total. The first-order valence-corrected chi connectivity index (χ1v) is 23.7. The summed E-state index contributed by atoms with van der Waals surface area (Å²) in [5.41, 5.74) is 4.53. The number of carbonyl (C=O) groups is 1. The molecular weight excluding hydrogens is 843 g/mol. The van der Waals surface area contributed by atoms with Crippen LogP contribution in [0, 0.1) is 0 Å². The number of hydrazone groups is 1. The SMILES string of the molecule is COc1cc(-c2nc3ccccc3s2)ccc1OCCCCCCN1CCN(CCCCCCOc2cc(C3CC(c4cc(OC)c(OC)c(OC)c4)=NN3C(C)=O)ccc2OC)CC1. The molecule has 2 aliphatic heterocycles. The summed E-state index contributed by atoms with van der Waals surface area (Å²) >= 11 is 1.69. The number of carbonyl (C=O) groups excluding carboxylic acids is 1. The van der Waals surface area contributed by atoms with E-state index in [1.807, 2.05) is 60.7 Å². The van der Waals surface area contributed by atoms with Crippen molar-refractivity contribution < 1.29 is 38.0 Å². The van der Waals surface area contributed by atoms with E-state index in [4.69, 9.17) is 43.2 Å². The lowest BCUT2D eigenvalue weighted by Crippen LogP contribution is -2.46. The van der Waals surface area contributed by atoms with Crippen LogP contribution in [0.25, 0.3) is 20.8 Å². The molecule has 1 fully saturated rings. The Morgan fingerprint density at radius 1 is 0.615 bits per heavy atom. The Hall–Kier alpha value is -5.57. The molecule has 14 heteroatoms. The molecule has 348 valence electrons. The number of hydrogen-bond donors (Lipinski definition) is 0. The predicted octanol–water partition coefficient (Wildman–Crippen LogP) is 9.90. The van der Waals surface area contributed by atoms with Crippen molar-refractivity contribution in [1.82, 2.24) is 19.8 Å². The molecule has 1 saturated heterocycles. The van der Waals surface area contributed by atoms with E-state index in [0.29, 0.717) is 48.4 Å². The molecule has 4 aromatic carbocycles. The highest BCUT2D eigenvalue weighted by molar-refractivity contribution is 7.21. The topological polar surface area (TPSA) is 117 Å². The lowest BCUT2D eigenvalue weighted by molar-refractivity contribution is -0.130. The second-order valence-electron chi connectivity index (χ2n) is 16.5. The van der Waals surface area contributed by atoms with Gasteiger partial charge in [-0.1, -0.05) is 43.9 Å². The van der Waals surface area contributed by atoms with Crippen LogP contribution >= 0.6 is 11.3 Å². The Kier molecular flexibility index (Phi) is 17.2. The number of rotatable bonds is 24. The molecule has 5 aromatic rings. The zero-order valence-corrected chi connectivity index (χ0v) is 39.8. The average Bonchev–Trinajstić information content (AvgIpc) is 3.99. The van der Waals surface area contributed by atoms with Crippen molar-refractivity contribution in [1.29, 1.82) is 0 Å². The summed E-state index contributed by atoms with van der Waals surface area (Å²) in [5, 5.41) is 7.27. The number of hydrogen-bond acceptors (Lipinski definition) is 13. The maximum Gasteiger partial charge on any atom is 0.240 e. The van der Waals surface area contributed by atoms with E-state index in [2.05, 4.69) is 21.9 Å². The Balaban J connectivity index is 0.754. The highest BCUT2D eigenvalue weighted by Gasteiger charge is 2.33. The lowest BCUT2D eigenvalue weighted by Gasteiger charge is -2.34. The summed E-state index contributed by atoms with van der Waals surface area (Å²) in [6, 6.07) is 23.6. The van der Waals surface area contributed by atoms with Crippen LogP contribution in [0.4, 0.5) is 0 Å². The highest BCUT2D eigenvalue weighted by Crippen LogP contribution is 2.42. The van der Waals surface area contributed by atoms with Gasteiger partial charge in [-0.05, 0) is 98.9 Å². The molecule has 0 aliphatic carbocycles. The highest BCUT2D eigenvalue weighted by atomic mass is 32.1. The summed E-state index contributed by atoms with van der Waals surface area (Å²) in [7, 11) is 8.08. The molecule has 7 rings (SSSR count). The van der Waals surface area contributed by atoms with Crippen LogP contribution in [-0.4, -0.2) is 119 Å². The van der Waals surface area contributed by atoms with Crippen molar-refractivity contribution >= 4 is 33.2 Å². The number of piperazine rings is 1. The Morgan fingerprint density at radius 2 is 1.20 bits per heavy atom. The molecule has 0 bridgehead atoms. The smallest absolute Gasteiger partial charge is 0.240 e. The largest absolute Gasteiger partial charge is 0.493 e. The number of ether oxygens (including phenoxy) is 7. The van der Waals surface area contributed by atoms with Gasteiger partial charge in [0, 0.05) is 50.7 Å². The zero-order chi connectivity index (χ0) is 45.5. The fourth-order valence-corrected chi connectivity index (χ4v) is 9.56. The Bertz CT molecular complexity index is 2300. The van der Waals surface area contributed by atoms with Crippen LogP contribution in [-0.2, 0) is 4.79 Å². The minimum atomic E-state index is -0.300. The van der Waals surface area contributed by atoms with E-state index in [0.717, 1.165) is 103 Å². The van der Waals surface area contributed by atoms with Crippen molar-refractivity contribution in [2.75, 3.05) is 88.0 Å². The number of benzene rings is 4. The van der Waals surface area contributed by atoms with Gasteiger partial charge in [-0.15, -0.1) is 11.3 Å². The molecule has 1 unspecified atom stereocenters. The van der Waals surface area contributed by atoms with Gasteiger partial charge in [0.2, 0.25) is 11.7 Å². The number of methoxy groups -OCH3 is 5. The van der Waals surface area contributed by atoms with Gasteiger partial charge in [-0.2, -0.15) is 5.10 Å². The number of nitrogens with zero attached hydrogens (tertiary/aromatic N) is 5. The second kappa shape index (κ2) is 23.6. The maximum atomic E-state index is 12.8. The summed E-state index contributed by atoms with van der Waals surface area (Å²) in [6.07, 6.45) is 9.56. The normalized spacial score (nSPS) is 15.5. The molecular formula is C51H65N5O8S. The van der Waals surface area contributed by atoms with E-state index < -0.39 is 0 Å². The van der Waals surface area contributed by atoms with Crippen LogP contribution in [0.3, 0.4) is 0 Å². The van der Waals surface area contributed by atoms with Gasteiger partial charge in [0.25, 0.3) is 0 Å². The van der Waals surface area contributed by atoms with Crippen molar-refractivity contribution in [3.8, 4) is 50.8 Å². The van der Waals surface area contributed by atoms with Gasteiger partial charge in [-0.25, -0.2) is 9.99 Å². The van der Waals surface area contributed by atoms with E-state index in [1.54, 1.807) is 46.9 Å². The Morgan fingerprint density at radius 3 is 1.80 bits per heavy atom. The molecule has 0 spiro atoms. The third kappa shape index (κ3) is 12.2. The monoisotopic (exact) mass is 907 g/mol. The minimum absolute atomic E-state index is 0.148. The molecule has 1 atom stereocenters. The third-order valence-electron chi connectivity index (χ3n) is 12.2. The minimum Gasteiger partial charge on any atom is -0.493 e. The first-order valence-electron chi connectivity index (χ1n) is 22.9. The van der Waals surface area contributed by atoms with Crippen LogP contribution in [0.5, 0.6) is 40.2 Å². The summed E-state index contributed by atoms with van der Waals surface area (Å²) < 4.78 is 41.6. The number of amides is 1. The first kappa shape index (κ1) is 47.4. The van der Waals surface area contributed by atoms with Crippen LogP contribution in [0.1, 0.15) is 81.9 Å². The fraction of sp³-hybridized carbons (Fsp3) is 0.471. The average molecular weight is 908 g/mol. The fourth-order valence-electron chi connectivity index (χ4n) is 8.59. The molecule has 65 heavy (non-hydrogen) atoms. The van der Waals surface area contributed by atoms with Gasteiger partial charge in [0.1, 0.15) is 5.01 Å². The molecule has 2 aliphatic rings. The van der Waals surface area contributed by atoms with Crippen molar-refractivity contribution in [2.24, 2.45) is 5.10 Å². The van der Waals surface area contributed by atoms with E-state index >= 15 is 0 Å². The van der Waals surface area contributed by atoms with Crippen LogP contribution in [0.2, 0.25) is 0 Å². The number of thiazole rings is 1. The number of fused-ring (bicyclic) bond motifs is 1. The van der Waals surface area contributed by atoms with Gasteiger partial charge in [0.05, 0.1) is 70.7 Å². The molecule has 13 nitrogen and oxygen atoms in total. The Labute approximate surface area is 388 Å². The summed E-state index contributed by atoms with van der Waals surface area (Å²) in [4.78, 5) is 22.8. The van der Waals surface area contributed by atoms with E-state index in [9.17, 15) is 4.79 Å².